The molecule has 6 nitrogen and oxygen atoms in total. The molecule has 0 atom stereocenters. The number of carbonyl (C=O) groups excluding carboxylic acids is 2. The third-order valence-electron chi connectivity index (χ3n) is 6.25. The Bertz CT molecular complexity index is 1550. The van der Waals surface area contributed by atoms with E-state index in [1.54, 1.807) is 24.3 Å². The van der Waals surface area contributed by atoms with Gasteiger partial charge in [0.2, 0.25) is 0 Å². The Morgan fingerprint density at radius 3 is 1.24 bits per heavy atom. The van der Waals surface area contributed by atoms with Crippen LogP contribution in [0.3, 0.4) is 0 Å². The zero-order valence-electron chi connectivity index (χ0n) is 22.4. The first-order valence-electron chi connectivity index (χ1n) is 13.1. The van der Waals surface area contributed by atoms with Crippen LogP contribution in [0.25, 0.3) is 22.3 Å². The van der Waals surface area contributed by atoms with Crippen LogP contribution in [0.2, 0.25) is 0 Å². The summed E-state index contributed by atoms with van der Waals surface area (Å²) >= 11 is 7.05. The maximum absolute atomic E-state index is 12.5. The van der Waals surface area contributed by atoms with Crippen LogP contribution >= 0.6 is 31.9 Å². The van der Waals surface area contributed by atoms with Crippen molar-refractivity contribution in [1.29, 1.82) is 0 Å². The molecular weight excluding hydrogens is 660 g/mol. The maximum Gasteiger partial charge on any atom is 0.262 e. The molecule has 0 fully saturated rings. The minimum Gasteiger partial charge on any atom is -0.483 e. The Kier molecular flexibility index (Phi) is 9.69. The largest absolute Gasteiger partial charge is 0.483 e. The summed E-state index contributed by atoms with van der Waals surface area (Å²) in [7, 11) is 0. The zero-order valence-corrected chi connectivity index (χ0v) is 25.5. The summed E-state index contributed by atoms with van der Waals surface area (Å²) in [4.78, 5) is 24.9. The summed E-state index contributed by atoms with van der Waals surface area (Å²) in [6.45, 7) is -0.304. The molecule has 0 heterocycles. The highest BCUT2D eigenvalue weighted by atomic mass is 79.9. The Hall–Kier alpha value is -4.40. The molecule has 0 aliphatic rings. The molecule has 0 aromatic heterocycles. The fourth-order valence-corrected chi connectivity index (χ4v) is 5.16. The first-order chi connectivity index (χ1) is 20.4. The normalized spacial score (nSPS) is 10.5. The quantitative estimate of drug-likeness (QED) is 0.154. The van der Waals surface area contributed by atoms with Crippen molar-refractivity contribution in [3.63, 3.8) is 0 Å². The topological polar surface area (TPSA) is 76.7 Å². The van der Waals surface area contributed by atoms with Crippen molar-refractivity contribution in [2.45, 2.75) is 0 Å². The predicted molar refractivity (Wildman–Crippen MR) is 174 cm³/mol. The molecule has 0 saturated carbocycles. The SMILES string of the molecule is O=C(COc1ccc(-c2ccccc2)cc1Br)Nc1ccc(NC(=O)COc2ccc(-c3ccccc3)cc2Br)cc1. The number of hydrogen-bond acceptors (Lipinski definition) is 4. The Labute approximate surface area is 261 Å². The van der Waals surface area contributed by atoms with Crippen LogP contribution in [-0.4, -0.2) is 25.0 Å². The number of rotatable bonds is 10. The standard InChI is InChI=1S/C34H26Br2N2O4/c35-29-19-25(23-7-3-1-4-8-23)11-17-31(29)41-21-33(39)37-27-13-15-28(16-14-27)38-34(40)22-42-32-18-12-26(20-30(32)36)24-9-5-2-6-10-24/h1-20H,21-22H2,(H,37,39)(H,38,40). The van der Waals surface area contributed by atoms with Gasteiger partial charge in [0.05, 0.1) is 8.95 Å². The van der Waals surface area contributed by atoms with Gasteiger partial charge >= 0.3 is 0 Å². The average molecular weight is 686 g/mol. The van der Waals surface area contributed by atoms with E-state index >= 15 is 0 Å². The number of hydrogen-bond donors (Lipinski definition) is 2. The molecule has 210 valence electrons. The summed E-state index contributed by atoms with van der Waals surface area (Å²) in [6, 6.07) is 38.3. The van der Waals surface area contributed by atoms with Crippen molar-refractivity contribution in [1.82, 2.24) is 0 Å². The van der Waals surface area contributed by atoms with Gasteiger partial charge in [-0.15, -0.1) is 0 Å². The van der Waals surface area contributed by atoms with Crippen LogP contribution in [0.1, 0.15) is 0 Å². The molecule has 2 amide bonds. The second-order valence-corrected chi connectivity index (χ2v) is 11.0. The molecule has 0 saturated heterocycles. The van der Waals surface area contributed by atoms with Gasteiger partial charge in [-0.25, -0.2) is 0 Å². The van der Waals surface area contributed by atoms with Crippen LogP contribution in [0, 0.1) is 0 Å². The van der Waals surface area contributed by atoms with Gasteiger partial charge < -0.3 is 20.1 Å². The molecule has 0 bridgehead atoms. The molecule has 0 unspecified atom stereocenters. The lowest BCUT2D eigenvalue weighted by atomic mass is 10.1. The highest BCUT2D eigenvalue weighted by Gasteiger charge is 2.10. The second-order valence-electron chi connectivity index (χ2n) is 9.27. The molecule has 0 aliphatic carbocycles. The number of benzene rings is 5. The van der Waals surface area contributed by atoms with Crippen molar-refractivity contribution in [2.24, 2.45) is 0 Å². The van der Waals surface area contributed by atoms with E-state index in [0.717, 1.165) is 31.2 Å². The van der Waals surface area contributed by atoms with Crippen molar-refractivity contribution in [3.8, 4) is 33.8 Å². The lowest BCUT2D eigenvalue weighted by Crippen LogP contribution is -2.21. The van der Waals surface area contributed by atoms with Gasteiger partial charge in [0, 0.05) is 11.4 Å². The van der Waals surface area contributed by atoms with Crippen LogP contribution in [0.15, 0.2) is 130 Å². The van der Waals surface area contributed by atoms with Gasteiger partial charge in [-0.05, 0) is 103 Å². The fourth-order valence-electron chi connectivity index (χ4n) is 4.17. The Morgan fingerprint density at radius 1 is 0.500 bits per heavy atom. The minimum atomic E-state index is -0.303. The molecule has 8 heteroatoms. The van der Waals surface area contributed by atoms with Gasteiger partial charge in [0.15, 0.2) is 13.2 Å². The number of carbonyl (C=O) groups is 2. The van der Waals surface area contributed by atoms with E-state index in [4.69, 9.17) is 9.47 Å². The third-order valence-corrected chi connectivity index (χ3v) is 7.49. The summed E-state index contributed by atoms with van der Waals surface area (Å²) in [5.41, 5.74) is 5.44. The highest BCUT2D eigenvalue weighted by Crippen LogP contribution is 2.32. The lowest BCUT2D eigenvalue weighted by Gasteiger charge is -2.12. The molecule has 5 aromatic carbocycles. The molecule has 5 rings (SSSR count). The molecule has 42 heavy (non-hydrogen) atoms. The Morgan fingerprint density at radius 2 is 0.881 bits per heavy atom. The first kappa shape index (κ1) is 29.1. The first-order valence-corrected chi connectivity index (χ1v) is 14.7. The van der Waals surface area contributed by atoms with Crippen LogP contribution in [0.5, 0.6) is 11.5 Å². The van der Waals surface area contributed by atoms with E-state index in [9.17, 15) is 9.59 Å². The molecule has 0 radical (unpaired) electrons. The van der Waals surface area contributed by atoms with Crippen molar-refractivity contribution in [2.75, 3.05) is 23.8 Å². The van der Waals surface area contributed by atoms with Crippen LogP contribution in [0.4, 0.5) is 11.4 Å². The average Bonchev–Trinajstić information content (AvgIpc) is 3.01. The van der Waals surface area contributed by atoms with E-state index in [0.29, 0.717) is 22.9 Å². The summed E-state index contributed by atoms with van der Waals surface area (Å²) in [6.07, 6.45) is 0. The molecule has 0 aliphatic heterocycles. The number of halogens is 2. The molecule has 5 aromatic rings. The number of nitrogens with one attached hydrogen (secondary N) is 2. The molecule has 2 N–H and O–H groups in total. The van der Waals surface area contributed by atoms with Gasteiger partial charge in [-0.2, -0.15) is 0 Å². The second kappa shape index (κ2) is 14.0. The van der Waals surface area contributed by atoms with E-state index < -0.39 is 0 Å². The maximum atomic E-state index is 12.5. The van der Waals surface area contributed by atoms with Crippen molar-refractivity contribution >= 4 is 55.0 Å². The monoisotopic (exact) mass is 684 g/mol. The van der Waals surface area contributed by atoms with Crippen molar-refractivity contribution < 1.29 is 19.1 Å². The molecular formula is C34H26Br2N2O4. The van der Waals surface area contributed by atoms with E-state index in [1.165, 1.54) is 0 Å². The fraction of sp³-hybridized carbons (Fsp3) is 0.0588. The van der Waals surface area contributed by atoms with Gasteiger partial charge in [-0.3, -0.25) is 9.59 Å². The van der Waals surface area contributed by atoms with Gasteiger partial charge in [0.25, 0.3) is 11.8 Å². The summed E-state index contributed by atoms with van der Waals surface area (Å²) in [5, 5.41) is 5.59. The number of amides is 2. The van der Waals surface area contributed by atoms with Crippen LogP contribution < -0.4 is 20.1 Å². The summed E-state index contributed by atoms with van der Waals surface area (Å²) in [5.74, 6) is 0.541. The van der Waals surface area contributed by atoms with Gasteiger partial charge in [0.1, 0.15) is 11.5 Å². The Balaban J connectivity index is 1.07. The zero-order chi connectivity index (χ0) is 29.3. The number of ether oxygens (including phenoxy) is 2. The van der Waals surface area contributed by atoms with Crippen LogP contribution in [-0.2, 0) is 9.59 Å². The highest BCUT2D eigenvalue weighted by molar-refractivity contribution is 9.11. The van der Waals surface area contributed by atoms with Gasteiger partial charge in [-0.1, -0.05) is 72.8 Å². The molecule has 0 spiro atoms. The van der Waals surface area contributed by atoms with Crippen molar-refractivity contribution in [3.05, 3.63) is 130 Å². The lowest BCUT2D eigenvalue weighted by molar-refractivity contribution is -0.118. The van der Waals surface area contributed by atoms with E-state index in [2.05, 4.69) is 42.5 Å². The third kappa shape index (κ3) is 7.87. The van der Waals surface area contributed by atoms with E-state index in [1.807, 2.05) is 97.1 Å². The predicted octanol–water partition coefficient (Wildman–Crippen LogP) is 8.58. The minimum absolute atomic E-state index is 0.152. The summed E-state index contributed by atoms with van der Waals surface area (Å²) < 4.78 is 12.9. The smallest absolute Gasteiger partial charge is 0.262 e. The van der Waals surface area contributed by atoms with E-state index in [-0.39, 0.29) is 25.0 Å². The number of anilines is 2.